The van der Waals surface area contributed by atoms with Gasteiger partial charge in [0.2, 0.25) is 10.0 Å². The molecule has 0 aliphatic heterocycles. The second-order valence-electron chi connectivity index (χ2n) is 6.15. The lowest BCUT2D eigenvalue weighted by atomic mass is 9.94. The summed E-state index contributed by atoms with van der Waals surface area (Å²) in [6, 6.07) is 9.84. The summed E-state index contributed by atoms with van der Waals surface area (Å²) in [5.41, 5.74) is 1.85. The van der Waals surface area contributed by atoms with Crippen LogP contribution in [0.15, 0.2) is 36.5 Å². The minimum absolute atomic E-state index is 0.0244. The second kappa shape index (κ2) is 7.42. The summed E-state index contributed by atoms with van der Waals surface area (Å²) in [6.07, 6.45) is 6.35. The maximum Gasteiger partial charge on any atom is 0.208 e. The Kier molecular flexibility index (Phi) is 5.27. The molecule has 1 heterocycles. The zero-order valence-electron chi connectivity index (χ0n) is 13.6. The van der Waals surface area contributed by atoms with Gasteiger partial charge in [-0.25, -0.2) is 17.8 Å². The number of hydrogen-bond donors (Lipinski definition) is 1. The van der Waals surface area contributed by atoms with Gasteiger partial charge in [0, 0.05) is 6.04 Å². The molecule has 3 rings (SSSR count). The van der Waals surface area contributed by atoms with E-state index in [9.17, 15) is 8.42 Å². The molecule has 24 heavy (non-hydrogen) atoms. The molecule has 7 nitrogen and oxygen atoms in total. The van der Waals surface area contributed by atoms with Crippen molar-refractivity contribution < 1.29 is 13.2 Å². The molecule has 130 valence electrons. The van der Waals surface area contributed by atoms with Crippen LogP contribution in [0.1, 0.15) is 31.4 Å². The van der Waals surface area contributed by atoms with Gasteiger partial charge in [-0.3, -0.25) is 0 Å². The number of benzene rings is 1. The molecule has 2 aromatic rings. The molecule has 1 aromatic carbocycles. The predicted molar refractivity (Wildman–Crippen MR) is 90.2 cm³/mol. The highest BCUT2D eigenvalue weighted by molar-refractivity contribution is 7.88. The van der Waals surface area contributed by atoms with Crippen molar-refractivity contribution >= 4 is 10.0 Å². The van der Waals surface area contributed by atoms with Crippen LogP contribution in [0.5, 0.6) is 0 Å². The molecule has 0 radical (unpaired) electrons. The summed E-state index contributed by atoms with van der Waals surface area (Å²) >= 11 is 0. The van der Waals surface area contributed by atoms with E-state index >= 15 is 0 Å². The van der Waals surface area contributed by atoms with Crippen molar-refractivity contribution in [2.45, 2.75) is 44.4 Å². The number of sulfonamides is 1. The van der Waals surface area contributed by atoms with E-state index in [2.05, 4.69) is 15.0 Å². The standard InChI is InChI=1S/C16H22N4O3S/c1-24(21,22)18-13-7-9-16(10-8-13)23-12-15-11-17-19-20(15)14-5-3-2-4-6-14/h2-6,11,13,16,18H,7-10,12H2,1H3. The number of nitrogens with zero attached hydrogens (tertiary/aromatic N) is 3. The lowest BCUT2D eigenvalue weighted by Gasteiger charge is -2.28. The van der Waals surface area contributed by atoms with Gasteiger partial charge in [0.1, 0.15) is 0 Å². The summed E-state index contributed by atoms with van der Waals surface area (Å²) in [5, 5.41) is 8.08. The molecule has 1 saturated carbocycles. The van der Waals surface area contributed by atoms with Crippen molar-refractivity contribution in [1.82, 2.24) is 19.7 Å². The molecule has 0 amide bonds. The maximum atomic E-state index is 11.3. The zero-order valence-corrected chi connectivity index (χ0v) is 14.4. The highest BCUT2D eigenvalue weighted by atomic mass is 32.2. The fourth-order valence-corrected chi connectivity index (χ4v) is 3.84. The highest BCUT2D eigenvalue weighted by Gasteiger charge is 2.24. The largest absolute Gasteiger partial charge is 0.372 e. The molecule has 0 saturated heterocycles. The molecule has 8 heteroatoms. The normalized spacial score (nSPS) is 21.7. The van der Waals surface area contributed by atoms with Gasteiger partial charge in [-0.05, 0) is 37.8 Å². The van der Waals surface area contributed by atoms with Crippen LogP contribution in [0.2, 0.25) is 0 Å². The Morgan fingerprint density at radius 3 is 2.58 bits per heavy atom. The number of nitrogens with one attached hydrogen (secondary N) is 1. The SMILES string of the molecule is CS(=O)(=O)NC1CCC(OCc2cnnn2-c2ccccc2)CC1. The van der Waals surface area contributed by atoms with Gasteiger partial charge in [-0.2, -0.15) is 0 Å². The molecule has 0 atom stereocenters. The number of hydrogen-bond acceptors (Lipinski definition) is 5. The van der Waals surface area contributed by atoms with Crippen LogP contribution in [0.3, 0.4) is 0 Å². The van der Waals surface area contributed by atoms with E-state index in [0.29, 0.717) is 6.61 Å². The van der Waals surface area contributed by atoms with Crippen LogP contribution < -0.4 is 4.72 Å². The average molecular weight is 350 g/mol. The first-order chi connectivity index (χ1) is 11.5. The van der Waals surface area contributed by atoms with Crippen LogP contribution in [0, 0.1) is 0 Å². The van der Waals surface area contributed by atoms with E-state index in [0.717, 1.165) is 37.1 Å². The van der Waals surface area contributed by atoms with Gasteiger partial charge in [0.15, 0.2) is 0 Å². The Hall–Kier alpha value is -1.77. The average Bonchev–Trinajstić information content (AvgIpc) is 3.02. The van der Waals surface area contributed by atoms with Crippen molar-refractivity contribution in [2.75, 3.05) is 6.26 Å². The van der Waals surface area contributed by atoms with Crippen LogP contribution in [0.4, 0.5) is 0 Å². The summed E-state index contributed by atoms with van der Waals surface area (Å²) in [6.45, 7) is 0.441. The molecule has 1 aliphatic rings. The van der Waals surface area contributed by atoms with Crippen LogP contribution in [-0.2, 0) is 21.4 Å². The Balaban J connectivity index is 1.52. The molecular formula is C16H22N4O3S. The number of aromatic nitrogens is 3. The fraction of sp³-hybridized carbons (Fsp3) is 0.500. The van der Waals surface area contributed by atoms with Gasteiger partial charge in [0.05, 0.1) is 36.5 Å². The number of rotatable bonds is 6. The molecule has 1 aliphatic carbocycles. The van der Waals surface area contributed by atoms with Gasteiger partial charge in [0.25, 0.3) is 0 Å². The van der Waals surface area contributed by atoms with Crippen molar-refractivity contribution in [3.63, 3.8) is 0 Å². The van der Waals surface area contributed by atoms with E-state index in [1.165, 1.54) is 6.26 Å². The molecule has 0 spiro atoms. The lowest BCUT2D eigenvalue weighted by molar-refractivity contribution is 0.0104. The van der Waals surface area contributed by atoms with E-state index in [4.69, 9.17) is 4.74 Å². The van der Waals surface area contributed by atoms with Gasteiger partial charge < -0.3 is 4.74 Å². The first-order valence-corrected chi connectivity index (χ1v) is 9.94. The van der Waals surface area contributed by atoms with Crippen LogP contribution in [-0.4, -0.2) is 41.8 Å². The van der Waals surface area contributed by atoms with Crippen molar-refractivity contribution in [3.8, 4) is 5.69 Å². The predicted octanol–water partition coefficient (Wildman–Crippen LogP) is 1.64. The van der Waals surface area contributed by atoms with Crippen molar-refractivity contribution in [2.24, 2.45) is 0 Å². The molecule has 0 unspecified atom stereocenters. The minimum atomic E-state index is -3.14. The third-order valence-corrected chi connectivity index (χ3v) is 4.90. The Morgan fingerprint density at radius 1 is 1.21 bits per heavy atom. The third-order valence-electron chi connectivity index (χ3n) is 4.14. The Morgan fingerprint density at radius 2 is 1.92 bits per heavy atom. The lowest BCUT2D eigenvalue weighted by Crippen LogP contribution is -2.38. The van der Waals surface area contributed by atoms with Crippen molar-refractivity contribution in [1.29, 1.82) is 0 Å². The first kappa shape index (κ1) is 17.1. The molecule has 1 fully saturated rings. The highest BCUT2D eigenvalue weighted by Crippen LogP contribution is 2.23. The van der Waals surface area contributed by atoms with Gasteiger partial charge in [-0.1, -0.05) is 23.4 Å². The van der Waals surface area contributed by atoms with E-state index in [1.54, 1.807) is 10.9 Å². The monoisotopic (exact) mass is 350 g/mol. The third kappa shape index (κ3) is 4.62. The number of ether oxygens (including phenoxy) is 1. The maximum absolute atomic E-state index is 11.3. The Bertz CT molecular complexity index is 753. The first-order valence-electron chi connectivity index (χ1n) is 8.05. The van der Waals surface area contributed by atoms with E-state index < -0.39 is 10.0 Å². The zero-order chi connectivity index (χ0) is 17.0. The van der Waals surface area contributed by atoms with E-state index in [1.807, 2.05) is 30.3 Å². The van der Waals surface area contributed by atoms with Gasteiger partial charge >= 0.3 is 0 Å². The minimum Gasteiger partial charge on any atom is -0.372 e. The summed E-state index contributed by atoms with van der Waals surface area (Å²) in [4.78, 5) is 0. The summed E-state index contributed by atoms with van der Waals surface area (Å²) in [5.74, 6) is 0. The van der Waals surface area contributed by atoms with Crippen LogP contribution >= 0.6 is 0 Å². The molecular weight excluding hydrogens is 328 g/mol. The number of para-hydroxylation sites is 1. The Labute approximate surface area is 142 Å². The second-order valence-corrected chi connectivity index (χ2v) is 7.93. The van der Waals surface area contributed by atoms with Gasteiger partial charge in [-0.15, -0.1) is 5.10 Å². The quantitative estimate of drug-likeness (QED) is 0.856. The molecule has 1 aromatic heterocycles. The fourth-order valence-electron chi connectivity index (χ4n) is 2.99. The molecule has 0 bridgehead atoms. The summed E-state index contributed by atoms with van der Waals surface area (Å²) in [7, 11) is -3.14. The van der Waals surface area contributed by atoms with E-state index in [-0.39, 0.29) is 12.1 Å². The topological polar surface area (TPSA) is 86.1 Å². The van der Waals surface area contributed by atoms with Crippen molar-refractivity contribution in [3.05, 3.63) is 42.2 Å². The summed E-state index contributed by atoms with van der Waals surface area (Å²) < 4.78 is 33.0. The molecule has 1 N–H and O–H groups in total. The van der Waals surface area contributed by atoms with Crippen LogP contribution in [0.25, 0.3) is 5.69 Å². The smallest absolute Gasteiger partial charge is 0.208 e.